The van der Waals surface area contributed by atoms with E-state index in [1.54, 1.807) is 18.1 Å². The molecule has 0 bridgehead atoms. The molecule has 3 N–H and O–H groups in total. The standard InChI is InChI=1S/C19H25N5O3/c1-23(16-7-8-24(12-16)11-14-5-3-2-4-6-14)19(27)22-17(18(25)26)9-15-10-20-13-21-15/h2-6,10,13,16-17H,7-9,11-12H2,1H3,(H,20,21)(H,22,27)(H,25,26)/t16-,17-/m0/s1. The lowest BCUT2D eigenvalue weighted by molar-refractivity contribution is -0.139. The molecule has 2 aromatic rings. The highest BCUT2D eigenvalue weighted by Crippen LogP contribution is 2.17. The fourth-order valence-corrected chi connectivity index (χ4v) is 3.35. The summed E-state index contributed by atoms with van der Waals surface area (Å²) in [7, 11) is 1.72. The smallest absolute Gasteiger partial charge is 0.326 e. The molecule has 0 unspecified atom stereocenters. The van der Waals surface area contributed by atoms with E-state index in [9.17, 15) is 14.7 Å². The van der Waals surface area contributed by atoms with Gasteiger partial charge >= 0.3 is 12.0 Å². The maximum absolute atomic E-state index is 12.5. The number of aliphatic carboxylic acids is 1. The Bertz CT molecular complexity index is 750. The van der Waals surface area contributed by atoms with Gasteiger partial charge in [0, 0.05) is 51.0 Å². The summed E-state index contributed by atoms with van der Waals surface area (Å²) in [5.74, 6) is -1.07. The Kier molecular flexibility index (Phi) is 6.08. The summed E-state index contributed by atoms with van der Waals surface area (Å²) in [5.41, 5.74) is 1.91. The monoisotopic (exact) mass is 371 g/mol. The first-order valence-corrected chi connectivity index (χ1v) is 9.02. The molecule has 8 heteroatoms. The molecule has 144 valence electrons. The number of rotatable bonds is 7. The van der Waals surface area contributed by atoms with Crippen LogP contribution in [-0.2, 0) is 17.8 Å². The van der Waals surface area contributed by atoms with E-state index < -0.39 is 12.0 Å². The Labute approximate surface area is 158 Å². The zero-order chi connectivity index (χ0) is 19.2. The summed E-state index contributed by atoms with van der Waals surface area (Å²) >= 11 is 0. The molecule has 2 amide bonds. The quantitative estimate of drug-likeness (QED) is 0.681. The Morgan fingerprint density at radius 1 is 1.41 bits per heavy atom. The fourth-order valence-electron chi connectivity index (χ4n) is 3.35. The number of hydrogen-bond donors (Lipinski definition) is 3. The number of aromatic nitrogens is 2. The topological polar surface area (TPSA) is 102 Å². The van der Waals surface area contributed by atoms with Gasteiger partial charge in [-0.15, -0.1) is 0 Å². The van der Waals surface area contributed by atoms with Gasteiger partial charge in [0.15, 0.2) is 0 Å². The number of nitrogens with one attached hydrogen (secondary N) is 2. The summed E-state index contributed by atoms with van der Waals surface area (Å²) in [4.78, 5) is 34.7. The molecule has 1 fully saturated rings. The molecule has 2 heterocycles. The minimum atomic E-state index is -1.07. The van der Waals surface area contributed by atoms with E-state index in [2.05, 4.69) is 32.3 Å². The molecule has 1 aromatic heterocycles. The largest absolute Gasteiger partial charge is 0.480 e. The van der Waals surface area contributed by atoms with Gasteiger partial charge < -0.3 is 20.3 Å². The number of carbonyl (C=O) groups is 2. The van der Waals surface area contributed by atoms with Crippen molar-refractivity contribution in [1.29, 1.82) is 0 Å². The van der Waals surface area contributed by atoms with Crippen molar-refractivity contribution in [3.8, 4) is 0 Å². The second kappa shape index (κ2) is 8.68. The SMILES string of the molecule is CN(C(=O)N[C@@H](Cc1cnc[nH]1)C(=O)O)[C@H]1CCN(Cc2ccccc2)C1. The van der Waals surface area contributed by atoms with Gasteiger partial charge in [-0.05, 0) is 12.0 Å². The van der Waals surface area contributed by atoms with Crippen LogP contribution in [0, 0.1) is 0 Å². The van der Waals surface area contributed by atoms with E-state index in [-0.39, 0.29) is 18.5 Å². The molecule has 0 radical (unpaired) electrons. The highest BCUT2D eigenvalue weighted by atomic mass is 16.4. The van der Waals surface area contributed by atoms with Crippen LogP contribution in [0.3, 0.4) is 0 Å². The number of aromatic amines is 1. The number of hydrogen-bond acceptors (Lipinski definition) is 4. The highest BCUT2D eigenvalue weighted by molar-refractivity contribution is 5.82. The second-order valence-corrected chi connectivity index (χ2v) is 6.90. The molecule has 8 nitrogen and oxygen atoms in total. The molecule has 0 aliphatic carbocycles. The van der Waals surface area contributed by atoms with Crippen LogP contribution in [0.1, 0.15) is 17.7 Å². The number of urea groups is 1. The van der Waals surface area contributed by atoms with E-state index in [1.807, 2.05) is 18.2 Å². The average Bonchev–Trinajstić information content (AvgIpc) is 3.33. The molecule has 27 heavy (non-hydrogen) atoms. The highest BCUT2D eigenvalue weighted by Gasteiger charge is 2.30. The molecule has 1 saturated heterocycles. The van der Waals surface area contributed by atoms with E-state index in [0.29, 0.717) is 5.69 Å². The first-order chi connectivity index (χ1) is 13.0. The fraction of sp³-hybridized carbons (Fsp3) is 0.421. The Morgan fingerprint density at radius 2 is 2.19 bits per heavy atom. The number of nitrogens with zero attached hydrogens (tertiary/aromatic N) is 3. The first-order valence-electron chi connectivity index (χ1n) is 9.02. The van der Waals surface area contributed by atoms with Crippen LogP contribution in [0.25, 0.3) is 0 Å². The van der Waals surface area contributed by atoms with Gasteiger partial charge in [0.05, 0.1) is 6.33 Å². The Morgan fingerprint density at radius 3 is 2.85 bits per heavy atom. The number of carboxylic acids is 1. The lowest BCUT2D eigenvalue weighted by atomic mass is 10.1. The van der Waals surface area contributed by atoms with Crippen LogP contribution in [0.5, 0.6) is 0 Å². The lowest BCUT2D eigenvalue weighted by Gasteiger charge is -2.27. The van der Waals surface area contributed by atoms with Crippen LogP contribution < -0.4 is 5.32 Å². The molecule has 3 rings (SSSR count). The van der Waals surface area contributed by atoms with Crippen LogP contribution in [-0.4, -0.2) is 69.1 Å². The van der Waals surface area contributed by atoms with Crippen molar-refractivity contribution in [2.75, 3.05) is 20.1 Å². The van der Waals surface area contributed by atoms with Gasteiger partial charge in [-0.2, -0.15) is 0 Å². The summed E-state index contributed by atoms with van der Waals surface area (Å²) in [6.07, 6.45) is 4.08. The summed E-state index contributed by atoms with van der Waals surface area (Å²) in [6, 6.07) is 8.93. The minimum Gasteiger partial charge on any atom is -0.480 e. The number of amides is 2. The number of carbonyl (C=O) groups excluding carboxylic acids is 1. The predicted molar refractivity (Wildman–Crippen MR) is 100 cm³/mol. The van der Waals surface area contributed by atoms with Gasteiger partial charge in [-0.1, -0.05) is 30.3 Å². The number of likely N-dealkylation sites (N-methyl/N-ethyl adjacent to an activating group) is 1. The van der Waals surface area contributed by atoms with Gasteiger partial charge in [0.1, 0.15) is 6.04 Å². The number of benzene rings is 1. The lowest BCUT2D eigenvalue weighted by Crippen LogP contribution is -2.51. The van der Waals surface area contributed by atoms with Crippen molar-refractivity contribution in [2.45, 2.75) is 31.5 Å². The maximum Gasteiger partial charge on any atom is 0.326 e. The molecular formula is C19H25N5O3. The molecule has 0 saturated carbocycles. The van der Waals surface area contributed by atoms with Crippen molar-refractivity contribution in [3.05, 3.63) is 54.1 Å². The number of likely N-dealkylation sites (tertiary alicyclic amines) is 1. The van der Waals surface area contributed by atoms with Crippen molar-refractivity contribution in [1.82, 2.24) is 25.1 Å². The van der Waals surface area contributed by atoms with Gasteiger partial charge in [0.2, 0.25) is 0 Å². The Balaban J connectivity index is 1.52. The third kappa shape index (κ3) is 5.07. The van der Waals surface area contributed by atoms with Crippen molar-refractivity contribution >= 4 is 12.0 Å². The Hall–Kier alpha value is -2.87. The zero-order valence-electron chi connectivity index (χ0n) is 15.3. The van der Waals surface area contributed by atoms with Crippen LogP contribution in [0.2, 0.25) is 0 Å². The average molecular weight is 371 g/mol. The van der Waals surface area contributed by atoms with Crippen LogP contribution in [0.15, 0.2) is 42.9 Å². The molecule has 1 aliphatic heterocycles. The van der Waals surface area contributed by atoms with Gasteiger partial charge in [0.25, 0.3) is 0 Å². The van der Waals surface area contributed by atoms with E-state index in [0.717, 1.165) is 26.1 Å². The molecular weight excluding hydrogens is 346 g/mol. The van der Waals surface area contributed by atoms with Crippen molar-refractivity contribution < 1.29 is 14.7 Å². The number of imidazole rings is 1. The van der Waals surface area contributed by atoms with E-state index >= 15 is 0 Å². The van der Waals surface area contributed by atoms with Crippen molar-refractivity contribution in [2.24, 2.45) is 0 Å². The maximum atomic E-state index is 12.5. The predicted octanol–water partition coefficient (Wildman–Crippen LogP) is 1.32. The number of carboxylic acid groups (broad SMARTS) is 1. The molecule has 0 spiro atoms. The number of H-pyrrole nitrogens is 1. The van der Waals surface area contributed by atoms with E-state index in [4.69, 9.17) is 0 Å². The third-order valence-electron chi connectivity index (χ3n) is 4.94. The third-order valence-corrected chi connectivity index (χ3v) is 4.94. The summed E-state index contributed by atoms with van der Waals surface area (Å²) in [5, 5.41) is 12.0. The molecule has 1 aliphatic rings. The van der Waals surface area contributed by atoms with Crippen LogP contribution in [0.4, 0.5) is 4.79 Å². The van der Waals surface area contributed by atoms with Gasteiger partial charge in [-0.3, -0.25) is 4.90 Å². The normalized spacial score (nSPS) is 18.2. The molecule has 1 aromatic carbocycles. The second-order valence-electron chi connectivity index (χ2n) is 6.90. The van der Waals surface area contributed by atoms with Gasteiger partial charge in [-0.25, -0.2) is 14.6 Å². The first kappa shape index (κ1) is 18.9. The zero-order valence-corrected chi connectivity index (χ0v) is 15.3. The minimum absolute atomic E-state index is 0.0651. The summed E-state index contributed by atoms with van der Waals surface area (Å²) < 4.78 is 0. The van der Waals surface area contributed by atoms with Crippen molar-refractivity contribution in [3.63, 3.8) is 0 Å². The van der Waals surface area contributed by atoms with E-state index in [1.165, 1.54) is 11.9 Å². The summed E-state index contributed by atoms with van der Waals surface area (Å²) in [6.45, 7) is 2.54. The van der Waals surface area contributed by atoms with Crippen LogP contribution >= 0.6 is 0 Å². The molecule has 2 atom stereocenters.